The monoisotopic (exact) mass is 288 g/mol. The fraction of sp³-hybridized carbons (Fsp3) is 0.188. The van der Waals surface area contributed by atoms with Crippen molar-refractivity contribution in [2.75, 3.05) is 11.9 Å². The Labute approximate surface area is 123 Å². The van der Waals surface area contributed by atoms with Gasteiger partial charge in [0, 0.05) is 17.8 Å². The van der Waals surface area contributed by atoms with E-state index in [0.29, 0.717) is 5.56 Å². The maximum Gasteiger partial charge on any atom is 0.124 e. The molecule has 2 aromatic rings. The minimum atomic E-state index is -0.336. The molecule has 0 amide bonds. The molecule has 3 N–H and O–H groups in total. The van der Waals surface area contributed by atoms with Crippen molar-refractivity contribution in [3.63, 3.8) is 0 Å². The van der Waals surface area contributed by atoms with Gasteiger partial charge < -0.3 is 11.1 Å². The number of hydrogen-bond donors (Lipinski definition) is 2. The first-order chi connectivity index (χ1) is 9.56. The van der Waals surface area contributed by atoms with Crippen LogP contribution in [-0.2, 0) is 6.42 Å². The van der Waals surface area contributed by atoms with E-state index in [4.69, 9.17) is 18.0 Å². The first-order valence-corrected chi connectivity index (χ1v) is 6.86. The highest BCUT2D eigenvalue weighted by Crippen LogP contribution is 2.17. The lowest BCUT2D eigenvalue weighted by molar-refractivity contribution is 0.627. The van der Waals surface area contributed by atoms with Crippen molar-refractivity contribution >= 4 is 22.9 Å². The van der Waals surface area contributed by atoms with Gasteiger partial charge in [-0.3, -0.25) is 0 Å². The van der Waals surface area contributed by atoms with Crippen LogP contribution in [0.1, 0.15) is 16.7 Å². The summed E-state index contributed by atoms with van der Waals surface area (Å²) in [6.07, 6.45) is 0.885. The maximum absolute atomic E-state index is 13.2. The zero-order valence-electron chi connectivity index (χ0n) is 11.3. The Kier molecular flexibility index (Phi) is 4.69. The molecule has 0 heterocycles. The molecule has 0 saturated carbocycles. The van der Waals surface area contributed by atoms with Crippen LogP contribution in [0.3, 0.4) is 0 Å². The Morgan fingerprint density at radius 2 is 2.05 bits per heavy atom. The number of nitrogens with one attached hydrogen (secondary N) is 1. The molecule has 0 saturated heterocycles. The Bertz CT molecular complexity index is 626. The molecule has 104 valence electrons. The summed E-state index contributed by atoms with van der Waals surface area (Å²) in [5.41, 5.74) is 9.43. The summed E-state index contributed by atoms with van der Waals surface area (Å²) in [6, 6.07) is 12.8. The summed E-state index contributed by atoms with van der Waals surface area (Å²) in [5, 5.41) is 3.26. The van der Waals surface area contributed by atoms with Crippen LogP contribution in [-0.4, -0.2) is 11.5 Å². The molecule has 0 radical (unpaired) electrons. The Hall–Kier alpha value is -1.94. The van der Waals surface area contributed by atoms with Gasteiger partial charge in [0.15, 0.2) is 0 Å². The van der Waals surface area contributed by atoms with Gasteiger partial charge in [0.05, 0.1) is 0 Å². The van der Waals surface area contributed by atoms with Crippen LogP contribution in [0.2, 0.25) is 0 Å². The van der Waals surface area contributed by atoms with Gasteiger partial charge in [-0.25, -0.2) is 4.39 Å². The molecule has 0 bridgehead atoms. The van der Waals surface area contributed by atoms with Gasteiger partial charge in [-0.2, -0.15) is 0 Å². The molecule has 20 heavy (non-hydrogen) atoms. The minimum absolute atomic E-state index is 0.197. The standard InChI is InChI=1S/C16H17FN2S/c1-11-3-2-4-12(9-11)7-8-19-15-6-5-13(17)10-14(15)16(18)20/h2-6,9-10,19H,7-8H2,1H3,(H2,18,20). The minimum Gasteiger partial charge on any atom is -0.389 e. The summed E-state index contributed by atoms with van der Waals surface area (Å²) in [6.45, 7) is 2.81. The number of nitrogens with two attached hydrogens (primary N) is 1. The van der Waals surface area contributed by atoms with Crippen molar-refractivity contribution in [1.82, 2.24) is 0 Å². The van der Waals surface area contributed by atoms with Crippen molar-refractivity contribution in [3.8, 4) is 0 Å². The molecule has 0 aliphatic carbocycles. The Morgan fingerprint density at radius 3 is 2.75 bits per heavy atom. The third-order valence-corrected chi connectivity index (χ3v) is 3.28. The third kappa shape index (κ3) is 3.78. The van der Waals surface area contributed by atoms with Crippen molar-refractivity contribution in [2.24, 2.45) is 5.73 Å². The maximum atomic E-state index is 13.2. The highest BCUT2D eigenvalue weighted by Gasteiger charge is 2.06. The van der Waals surface area contributed by atoms with Gasteiger partial charge in [-0.1, -0.05) is 42.0 Å². The number of halogens is 1. The van der Waals surface area contributed by atoms with E-state index < -0.39 is 0 Å². The lowest BCUT2D eigenvalue weighted by Gasteiger charge is -2.11. The zero-order valence-corrected chi connectivity index (χ0v) is 12.1. The predicted molar refractivity (Wildman–Crippen MR) is 85.7 cm³/mol. The van der Waals surface area contributed by atoms with Crippen molar-refractivity contribution in [1.29, 1.82) is 0 Å². The molecule has 2 nitrogen and oxygen atoms in total. The average molecular weight is 288 g/mol. The van der Waals surface area contributed by atoms with E-state index >= 15 is 0 Å². The molecule has 2 rings (SSSR count). The second kappa shape index (κ2) is 6.48. The molecule has 0 fully saturated rings. The zero-order chi connectivity index (χ0) is 14.5. The number of anilines is 1. The van der Waals surface area contributed by atoms with Crippen molar-refractivity contribution < 1.29 is 4.39 Å². The van der Waals surface area contributed by atoms with E-state index in [0.717, 1.165) is 18.7 Å². The average Bonchev–Trinajstić information content (AvgIpc) is 2.40. The quantitative estimate of drug-likeness (QED) is 0.828. The van der Waals surface area contributed by atoms with Crippen LogP contribution in [0.25, 0.3) is 0 Å². The summed E-state index contributed by atoms with van der Waals surface area (Å²) >= 11 is 4.94. The highest BCUT2D eigenvalue weighted by atomic mass is 32.1. The molecule has 0 unspecified atom stereocenters. The first-order valence-electron chi connectivity index (χ1n) is 6.45. The van der Waals surface area contributed by atoms with Crippen LogP contribution in [0.15, 0.2) is 42.5 Å². The predicted octanol–water partition coefficient (Wildman–Crippen LogP) is 3.42. The summed E-state index contributed by atoms with van der Waals surface area (Å²) in [7, 11) is 0. The molecule has 0 atom stereocenters. The van der Waals surface area contributed by atoms with E-state index in [1.54, 1.807) is 6.07 Å². The van der Waals surface area contributed by atoms with Gasteiger partial charge in [0.2, 0.25) is 0 Å². The van der Waals surface area contributed by atoms with Gasteiger partial charge in [0.1, 0.15) is 10.8 Å². The number of hydrogen-bond acceptors (Lipinski definition) is 2. The van der Waals surface area contributed by atoms with Gasteiger partial charge in [-0.05, 0) is 37.1 Å². The van der Waals surface area contributed by atoms with Gasteiger partial charge in [0.25, 0.3) is 0 Å². The molecule has 0 spiro atoms. The summed E-state index contributed by atoms with van der Waals surface area (Å²) in [4.78, 5) is 0.197. The van der Waals surface area contributed by atoms with E-state index in [-0.39, 0.29) is 10.8 Å². The Balaban J connectivity index is 2.02. The molecule has 0 aliphatic heterocycles. The second-order valence-corrected chi connectivity index (χ2v) is 5.16. The van der Waals surface area contributed by atoms with E-state index in [1.165, 1.54) is 23.3 Å². The van der Waals surface area contributed by atoms with Crippen LogP contribution in [0.4, 0.5) is 10.1 Å². The molecule has 4 heteroatoms. The fourth-order valence-electron chi connectivity index (χ4n) is 2.08. The number of rotatable bonds is 5. The van der Waals surface area contributed by atoms with Crippen LogP contribution < -0.4 is 11.1 Å². The second-order valence-electron chi connectivity index (χ2n) is 4.72. The SMILES string of the molecule is Cc1cccc(CCNc2ccc(F)cc2C(N)=S)c1. The molecule has 2 aromatic carbocycles. The van der Waals surface area contributed by atoms with Gasteiger partial charge >= 0.3 is 0 Å². The smallest absolute Gasteiger partial charge is 0.124 e. The molecule has 0 aromatic heterocycles. The van der Waals surface area contributed by atoms with Crippen LogP contribution in [0.5, 0.6) is 0 Å². The van der Waals surface area contributed by atoms with Crippen LogP contribution >= 0.6 is 12.2 Å². The van der Waals surface area contributed by atoms with Crippen molar-refractivity contribution in [3.05, 3.63) is 65.0 Å². The topological polar surface area (TPSA) is 38.0 Å². The largest absolute Gasteiger partial charge is 0.389 e. The van der Waals surface area contributed by atoms with E-state index in [9.17, 15) is 4.39 Å². The summed E-state index contributed by atoms with van der Waals surface area (Å²) in [5.74, 6) is -0.336. The number of benzene rings is 2. The Morgan fingerprint density at radius 1 is 1.25 bits per heavy atom. The molecule has 0 aliphatic rings. The number of thiocarbonyl (C=S) groups is 1. The normalized spacial score (nSPS) is 10.3. The fourth-order valence-corrected chi connectivity index (χ4v) is 2.25. The van der Waals surface area contributed by atoms with E-state index in [2.05, 4.69) is 30.4 Å². The molecular formula is C16H17FN2S. The highest BCUT2D eigenvalue weighted by molar-refractivity contribution is 7.80. The van der Waals surface area contributed by atoms with Crippen molar-refractivity contribution in [2.45, 2.75) is 13.3 Å². The third-order valence-electron chi connectivity index (χ3n) is 3.06. The lowest BCUT2D eigenvalue weighted by Crippen LogP contribution is -2.15. The first kappa shape index (κ1) is 14.5. The van der Waals surface area contributed by atoms with E-state index in [1.807, 2.05) is 6.07 Å². The number of aryl methyl sites for hydroxylation is 1. The van der Waals surface area contributed by atoms with Crippen LogP contribution in [0, 0.1) is 12.7 Å². The summed E-state index contributed by atoms with van der Waals surface area (Å²) < 4.78 is 13.2. The van der Waals surface area contributed by atoms with Gasteiger partial charge in [-0.15, -0.1) is 0 Å². The lowest BCUT2D eigenvalue weighted by atomic mass is 10.1. The molecular weight excluding hydrogens is 271 g/mol.